The molecular weight excluding hydrogens is 340 g/mol. The van der Waals surface area contributed by atoms with E-state index < -0.39 is 5.97 Å². The van der Waals surface area contributed by atoms with Crippen LogP contribution in [0.1, 0.15) is 18.4 Å². The third-order valence-electron chi connectivity index (χ3n) is 3.07. The smallest absolute Gasteiger partial charge is 0.328 e. The summed E-state index contributed by atoms with van der Waals surface area (Å²) in [5.41, 5.74) is 0.716. The molecule has 6 heteroatoms. The Labute approximate surface area is 131 Å². The molecule has 0 radical (unpaired) electrons. The molecule has 21 heavy (non-hydrogen) atoms. The minimum atomic E-state index is -0.996. The van der Waals surface area contributed by atoms with Crippen molar-refractivity contribution in [3.05, 3.63) is 28.2 Å². The van der Waals surface area contributed by atoms with E-state index in [1.54, 1.807) is 19.2 Å². The Morgan fingerprint density at radius 2 is 2.33 bits per heavy atom. The number of ether oxygens (including phenoxy) is 3. The molecule has 1 unspecified atom stereocenters. The normalized spacial score (nSPS) is 18.7. The van der Waals surface area contributed by atoms with Gasteiger partial charge in [0.25, 0.3) is 0 Å². The maximum absolute atomic E-state index is 10.6. The predicted molar refractivity (Wildman–Crippen MR) is 81.8 cm³/mol. The van der Waals surface area contributed by atoms with Gasteiger partial charge in [-0.1, -0.05) is 0 Å². The van der Waals surface area contributed by atoms with Gasteiger partial charge in [-0.2, -0.15) is 0 Å². The molecule has 1 aromatic carbocycles. The van der Waals surface area contributed by atoms with Gasteiger partial charge >= 0.3 is 5.97 Å². The number of carbonyl (C=O) groups is 1. The fraction of sp³-hybridized carbons (Fsp3) is 0.400. The number of halogens is 1. The van der Waals surface area contributed by atoms with Gasteiger partial charge in [0.05, 0.1) is 18.2 Å². The number of hydrogen-bond donors (Lipinski definition) is 1. The van der Waals surface area contributed by atoms with Crippen LogP contribution < -0.4 is 9.47 Å². The third kappa shape index (κ3) is 4.47. The van der Waals surface area contributed by atoms with Crippen LogP contribution in [0, 0.1) is 0 Å². The van der Waals surface area contributed by atoms with Gasteiger partial charge in [-0.15, -0.1) is 0 Å². The fourth-order valence-electron chi connectivity index (χ4n) is 2.09. The highest BCUT2D eigenvalue weighted by Gasteiger charge is 2.19. The van der Waals surface area contributed by atoms with Crippen molar-refractivity contribution < 1.29 is 24.1 Å². The summed E-state index contributed by atoms with van der Waals surface area (Å²) in [6.07, 6.45) is 4.50. The number of benzene rings is 1. The molecule has 2 rings (SSSR count). The molecule has 1 heterocycles. The molecular formula is C15H17BrO5. The Bertz CT molecular complexity index is 535. The van der Waals surface area contributed by atoms with E-state index in [2.05, 4.69) is 15.9 Å². The van der Waals surface area contributed by atoms with Crippen LogP contribution in [-0.4, -0.2) is 37.5 Å². The molecule has 5 nitrogen and oxygen atoms in total. The standard InChI is InChI=1S/C15H17BrO5/c1-19-13-8-10(4-5-14(17)18)7-12(16)15(13)21-11-3-2-6-20-9-11/h4-5,7-8,11H,2-3,6,9H2,1H3,(H,17,18)/b5-4+. The van der Waals surface area contributed by atoms with E-state index in [0.29, 0.717) is 23.7 Å². The minimum Gasteiger partial charge on any atom is -0.493 e. The number of carboxylic acid groups (broad SMARTS) is 1. The molecule has 0 aromatic heterocycles. The topological polar surface area (TPSA) is 65.0 Å². The zero-order chi connectivity index (χ0) is 15.2. The van der Waals surface area contributed by atoms with Crippen molar-refractivity contribution in [3.63, 3.8) is 0 Å². The highest BCUT2D eigenvalue weighted by Crippen LogP contribution is 2.38. The van der Waals surface area contributed by atoms with Gasteiger partial charge < -0.3 is 19.3 Å². The summed E-state index contributed by atoms with van der Waals surface area (Å²) in [6, 6.07) is 3.53. The molecule has 0 bridgehead atoms. The van der Waals surface area contributed by atoms with E-state index in [1.807, 2.05) is 0 Å². The van der Waals surface area contributed by atoms with Crippen LogP contribution in [0.2, 0.25) is 0 Å². The number of carboxylic acids is 1. The number of aliphatic carboxylic acids is 1. The average Bonchev–Trinajstić information content (AvgIpc) is 2.48. The molecule has 1 saturated heterocycles. The summed E-state index contributed by atoms with van der Waals surface area (Å²) in [7, 11) is 1.55. The zero-order valence-electron chi connectivity index (χ0n) is 11.7. The van der Waals surface area contributed by atoms with Crippen LogP contribution in [0.25, 0.3) is 6.08 Å². The molecule has 1 aliphatic rings. The maximum Gasteiger partial charge on any atom is 0.328 e. The Morgan fingerprint density at radius 1 is 1.52 bits per heavy atom. The molecule has 114 valence electrons. The van der Waals surface area contributed by atoms with E-state index in [4.69, 9.17) is 19.3 Å². The summed E-state index contributed by atoms with van der Waals surface area (Å²) in [5.74, 6) is 0.172. The van der Waals surface area contributed by atoms with Crippen LogP contribution in [0.3, 0.4) is 0 Å². The first kappa shape index (κ1) is 15.9. The van der Waals surface area contributed by atoms with Gasteiger partial charge in [0.15, 0.2) is 11.5 Å². The van der Waals surface area contributed by atoms with Crippen molar-refractivity contribution in [2.24, 2.45) is 0 Å². The summed E-state index contributed by atoms with van der Waals surface area (Å²) < 4.78 is 17.4. The molecule has 1 aliphatic heterocycles. The quantitative estimate of drug-likeness (QED) is 0.821. The lowest BCUT2D eigenvalue weighted by molar-refractivity contribution is -0.131. The van der Waals surface area contributed by atoms with Crippen LogP contribution in [0.4, 0.5) is 0 Å². The van der Waals surface area contributed by atoms with Gasteiger partial charge in [-0.05, 0) is 52.5 Å². The van der Waals surface area contributed by atoms with Crippen molar-refractivity contribution in [2.45, 2.75) is 18.9 Å². The van der Waals surface area contributed by atoms with Gasteiger partial charge in [0.2, 0.25) is 0 Å². The highest BCUT2D eigenvalue weighted by molar-refractivity contribution is 9.10. The van der Waals surface area contributed by atoms with E-state index in [9.17, 15) is 4.79 Å². The Kier molecular flexibility index (Phi) is 5.64. The lowest BCUT2D eigenvalue weighted by atomic mass is 10.1. The van der Waals surface area contributed by atoms with Crippen LogP contribution in [0.5, 0.6) is 11.5 Å². The van der Waals surface area contributed by atoms with Crippen molar-refractivity contribution in [1.82, 2.24) is 0 Å². The van der Waals surface area contributed by atoms with Gasteiger partial charge in [0.1, 0.15) is 6.10 Å². The summed E-state index contributed by atoms with van der Waals surface area (Å²) >= 11 is 3.45. The van der Waals surface area contributed by atoms with E-state index >= 15 is 0 Å². The molecule has 0 saturated carbocycles. The number of rotatable bonds is 5. The second-order valence-electron chi connectivity index (χ2n) is 4.66. The second kappa shape index (κ2) is 7.47. The lowest BCUT2D eigenvalue weighted by Crippen LogP contribution is -2.28. The van der Waals surface area contributed by atoms with Crippen molar-refractivity contribution >= 4 is 28.0 Å². The predicted octanol–water partition coefficient (Wildman–Crippen LogP) is 3.11. The molecule has 1 atom stereocenters. The molecule has 1 N–H and O–H groups in total. The molecule has 1 aromatic rings. The molecule has 0 aliphatic carbocycles. The first-order chi connectivity index (χ1) is 10.1. The van der Waals surface area contributed by atoms with Crippen LogP contribution in [0.15, 0.2) is 22.7 Å². The summed E-state index contributed by atoms with van der Waals surface area (Å²) in [4.78, 5) is 10.6. The number of hydrogen-bond acceptors (Lipinski definition) is 4. The molecule has 0 amide bonds. The van der Waals surface area contributed by atoms with Gasteiger partial charge in [0, 0.05) is 12.7 Å². The molecule has 1 fully saturated rings. The third-order valence-corrected chi connectivity index (χ3v) is 3.66. The monoisotopic (exact) mass is 356 g/mol. The SMILES string of the molecule is COc1cc(/C=C/C(=O)O)cc(Br)c1OC1CCCOC1. The van der Waals surface area contributed by atoms with Crippen molar-refractivity contribution in [1.29, 1.82) is 0 Å². The van der Waals surface area contributed by atoms with E-state index in [0.717, 1.165) is 30.0 Å². The van der Waals surface area contributed by atoms with Crippen molar-refractivity contribution in [2.75, 3.05) is 20.3 Å². The van der Waals surface area contributed by atoms with Gasteiger partial charge in [-0.3, -0.25) is 0 Å². The average molecular weight is 357 g/mol. The van der Waals surface area contributed by atoms with E-state index in [-0.39, 0.29) is 6.10 Å². The fourth-order valence-corrected chi connectivity index (χ4v) is 2.64. The highest BCUT2D eigenvalue weighted by atomic mass is 79.9. The summed E-state index contributed by atoms with van der Waals surface area (Å²) in [5, 5.41) is 8.67. The van der Waals surface area contributed by atoms with Gasteiger partial charge in [-0.25, -0.2) is 4.79 Å². The first-order valence-corrected chi connectivity index (χ1v) is 7.42. The minimum absolute atomic E-state index is 0.00404. The Morgan fingerprint density at radius 3 is 2.95 bits per heavy atom. The second-order valence-corrected chi connectivity index (χ2v) is 5.52. The largest absolute Gasteiger partial charge is 0.493 e. The lowest BCUT2D eigenvalue weighted by Gasteiger charge is -2.25. The molecule has 0 spiro atoms. The maximum atomic E-state index is 10.6. The van der Waals surface area contributed by atoms with Crippen LogP contribution in [-0.2, 0) is 9.53 Å². The first-order valence-electron chi connectivity index (χ1n) is 6.63. The Balaban J connectivity index is 2.22. The van der Waals surface area contributed by atoms with Crippen LogP contribution >= 0.6 is 15.9 Å². The summed E-state index contributed by atoms with van der Waals surface area (Å²) in [6.45, 7) is 1.34. The Hall–Kier alpha value is -1.53. The van der Waals surface area contributed by atoms with E-state index in [1.165, 1.54) is 6.08 Å². The number of methoxy groups -OCH3 is 1. The van der Waals surface area contributed by atoms with Crippen molar-refractivity contribution in [3.8, 4) is 11.5 Å². The zero-order valence-corrected chi connectivity index (χ0v) is 13.3.